The summed E-state index contributed by atoms with van der Waals surface area (Å²) in [6.45, 7) is 0.0146. The number of nitrogens with one attached hydrogen (secondary N) is 1. The summed E-state index contributed by atoms with van der Waals surface area (Å²) in [4.78, 5) is 11.8. The molecule has 0 spiro atoms. The van der Waals surface area contributed by atoms with E-state index in [4.69, 9.17) is 10.00 Å². The molecule has 0 bridgehead atoms. The van der Waals surface area contributed by atoms with Gasteiger partial charge in [-0.1, -0.05) is 34.1 Å². The van der Waals surface area contributed by atoms with Gasteiger partial charge in [0, 0.05) is 10.2 Å². The zero-order valence-electron chi connectivity index (χ0n) is 13.3. The summed E-state index contributed by atoms with van der Waals surface area (Å²) < 4.78 is 6.21. The Morgan fingerprint density at radius 3 is 2.76 bits per heavy atom. The van der Waals surface area contributed by atoms with Crippen LogP contribution in [0.4, 0.5) is 0 Å². The van der Waals surface area contributed by atoms with E-state index in [2.05, 4.69) is 26.5 Å². The van der Waals surface area contributed by atoms with E-state index in [1.54, 1.807) is 30.5 Å². The van der Waals surface area contributed by atoms with E-state index in [9.17, 15) is 4.79 Å². The maximum atomic E-state index is 11.8. The Balaban J connectivity index is 1.71. The van der Waals surface area contributed by atoms with Crippen LogP contribution in [0.15, 0.2) is 58.1 Å². The van der Waals surface area contributed by atoms with E-state index in [-0.39, 0.29) is 12.5 Å². The van der Waals surface area contributed by atoms with Crippen LogP contribution in [-0.2, 0) is 10.5 Å². The Bertz CT molecular complexity index is 773. The molecule has 0 aliphatic heterocycles. The van der Waals surface area contributed by atoms with Gasteiger partial charge in [-0.05, 0) is 41.5 Å². The van der Waals surface area contributed by atoms with Crippen molar-refractivity contribution in [2.45, 2.75) is 5.75 Å². The van der Waals surface area contributed by atoms with Crippen molar-refractivity contribution in [1.82, 2.24) is 5.43 Å². The Hall–Kier alpha value is -2.30. The van der Waals surface area contributed by atoms with Crippen LogP contribution in [0.3, 0.4) is 0 Å². The van der Waals surface area contributed by atoms with E-state index in [1.165, 1.54) is 11.8 Å². The van der Waals surface area contributed by atoms with Crippen molar-refractivity contribution < 1.29 is 9.53 Å². The van der Waals surface area contributed by atoms with Gasteiger partial charge in [0.05, 0.1) is 12.0 Å². The monoisotopic (exact) mass is 417 g/mol. The average Bonchev–Trinajstić information content (AvgIpc) is 2.63. The lowest BCUT2D eigenvalue weighted by Crippen LogP contribution is -2.19. The molecule has 25 heavy (non-hydrogen) atoms. The summed E-state index contributed by atoms with van der Waals surface area (Å²) in [5.74, 6) is 1.55. The summed E-state index contributed by atoms with van der Waals surface area (Å²) >= 11 is 5.01. The molecule has 7 heteroatoms. The molecule has 0 aliphatic carbocycles. The predicted octanol–water partition coefficient (Wildman–Crippen LogP) is 3.73. The van der Waals surface area contributed by atoms with E-state index < -0.39 is 0 Å². The molecule has 128 valence electrons. The second-order valence-electron chi connectivity index (χ2n) is 4.89. The number of carbonyl (C=O) groups is 1. The van der Waals surface area contributed by atoms with E-state index in [0.29, 0.717) is 11.5 Å². The SMILES string of the molecule is N#CCOc1ccc(/C=N\NC(=O)CSCc2ccccc2Br)cc1. The molecule has 1 N–H and O–H groups in total. The molecule has 0 aliphatic rings. The lowest BCUT2D eigenvalue weighted by molar-refractivity contribution is -0.118. The highest BCUT2D eigenvalue weighted by Gasteiger charge is 2.03. The van der Waals surface area contributed by atoms with Gasteiger partial charge in [-0.3, -0.25) is 4.79 Å². The highest BCUT2D eigenvalue weighted by atomic mass is 79.9. The number of hydrazone groups is 1. The standard InChI is InChI=1S/C18H16BrN3O2S/c19-17-4-2-1-3-15(17)12-25-13-18(23)22-21-11-14-5-7-16(8-6-14)24-10-9-20/h1-8,11H,10,12-13H2,(H,22,23)/b21-11-. The van der Waals surface area contributed by atoms with Crippen molar-refractivity contribution in [3.8, 4) is 11.8 Å². The smallest absolute Gasteiger partial charge is 0.250 e. The fourth-order valence-electron chi connectivity index (χ4n) is 1.85. The van der Waals surface area contributed by atoms with Gasteiger partial charge in [-0.2, -0.15) is 10.4 Å². The molecule has 5 nitrogen and oxygen atoms in total. The number of nitrogens with zero attached hydrogens (tertiary/aromatic N) is 2. The van der Waals surface area contributed by atoms with Gasteiger partial charge in [0.1, 0.15) is 11.8 Å². The molecule has 0 saturated heterocycles. The number of nitriles is 1. The number of hydrogen-bond donors (Lipinski definition) is 1. The number of rotatable bonds is 8. The van der Waals surface area contributed by atoms with Gasteiger partial charge >= 0.3 is 0 Å². The molecule has 1 amide bonds. The zero-order valence-corrected chi connectivity index (χ0v) is 15.7. The first-order valence-corrected chi connectivity index (χ1v) is 9.36. The highest BCUT2D eigenvalue weighted by Crippen LogP contribution is 2.21. The van der Waals surface area contributed by atoms with Gasteiger partial charge in [0.15, 0.2) is 6.61 Å². The first-order chi connectivity index (χ1) is 12.2. The number of amides is 1. The van der Waals surface area contributed by atoms with Crippen LogP contribution in [0.1, 0.15) is 11.1 Å². The number of ether oxygens (including phenoxy) is 1. The summed E-state index contributed by atoms with van der Waals surface area (Å²) in [6.07, 6.45) is 1.56. The van der Waals surface area contributed by atoms with Crippen LogP contribution in [-0.4, -0.2) is 24.5 Å². The van der Waals surface area contributed by atoms with E-state index in [1.807, 2.05) is 30.3 Å². The molecule has 0 fully saturated rings. The quantitative estimate of drug-likeness (QED) is 0.524. The second kappa shape index (κ2) is 10.5. The zero-order chi connectivity index (χ0) is 17.9. The van der Waals surface area contributed by atoms with Gasteiger partial charge in [0.2, 0.25) is 5.91 Å². The summed E-state index contributed by atoms with van der Waals surface area (Å²) in [5.41, 5.74) is 4.48. The van der Waals surface area contributed by atoms with E-state index in [0.717, 1.165) is 21.4 Å². The number of halogens is 1. The van der Waals surface area contributed by atoms with E-state index >= 15 is 0 Å². The normalized spacial score (nSPS) is 10.4. The number of carbonyl (C=O) groups excluding carboxylic acids is 1. The highest BCUT2D eigenvalue weighted by molar-refractivity contribution is 9.10. The maximum absolute atomic E-state index is 11.8. The molecular weight excluding hydrogens is 402 g/mol. The van der Waals surface area contributed by atoms with Crippen LogP contribution < -0.4 is 10.2 Å². The van der Waals surface area contributed by atoms with Crippen molar-refractivity contribution in [3.05, 3.63) is 64.1 Å². The summed E-state index contributed by atoms with van der Waals surface area (Å²) in [6, 6.07) is 16.9. The summed E-state index contributed by atoms with van der Waals surface area (Å²) in [5, 5.41) is 12.4. The van der Waals surface area contributed by atoms with Gasteiger partial charge < -0.3 is 4.74 Å². The molecule has 0 heterocycles. The van der Waals surface area contributed by atoms with Crippen molar-refractivity contribution in [2.24, 2.45) is 5.10 Å². The molecular formula is C18H16BrN3O2S. The predicted molar refractivity (Wildman–Crippen MR) is 104 cm³/mol. The van der Waals surface area contributed by atoms with Crippen molar-refractivity contribution in [3.63, 3.8) is 0 Å². The lowest BCUT2D eigenvalue weighted by atomic mass is 10.2. The van der Waals surface area contributed by atoms with Crippen LogP contribution >= 0.6 is 27.7 Å². The Kier molecular flexibility index (Phi) is 8.02. The van der Waals surface area contributed by atoms with Crippen molar-refractivity contribution in [1.29, 1.82) is 5.26 Å². The lowest BCUT2D eigenvalue weighted by Gasteiger charge is -2.04. The minimum absolute atomic E-state index is 0.0146. The minimum atomic E-state index is -0.151. The first kappa shape index (κ1) is 19.0. The van der Waals surface area contributed by atoms with Gasteiger partial charge in [-0.25, -0.2) is 5.43 Å². The van der Waals surface area contributed by atoms with Crippen LogP contribution in [0, 0.1) is 11.3 Å². The third-order valence-corrected chi connectivity index (χ3v) is 4.79. The summed E-state index contributed by atoms with van der Waals surface area (Å²) in [7, 11) is 0. The molecule has 0 atom stereocenters. The van der Waals surface area contributed by atoms with Crippen molar-refractivity contribution >= 4 is 39.8 Å². The largest absolute Gasteiger partial charge is 0.479 e. The molecule has 2 aromatic carbocycles. The van der Waals surface area contributed by atoms with Crippen LogP contribution in [0.25, 0.3) is 0 Å². The maximum Gasteiger partial charge on any atom is 0.250 e. The second-order valence-corrected chi connectivity index (χ2v) is 6.73. The van der Waals surface area contributed by atoms with Gasteiger partial charge in [-0.15, -0.1) is 11.8 Å². The fourth-order valence-corrected chi connectivity index (χ4v) is 3.28. The van der Waals surface area contributed by atoms with Crippen LogP contribution in [0.5, 0.6) is 5.75 Å². The average molecular weight is 418 g/mol. The Labute approximate surface area is 159 Å². The third-order valence-electron chi connectivity index (χ3n) is 3.03. The molecule has 2 rings (SSSR count). The van der Waals surface area contributed by atoms with Crippen LogP contribution in [0.2, 0.25) is 0 Å². The molecule has 0 saturated carbocycles. The van der Waals surface area contributed by atoms with Crippen molar-refractivity contribution in [2.75, 3.05) is 12.4 Å². The Morgan fingerprint density at radius 1 is 1.28 bits per heavy atom. The first-order valence-electron chi connectivity index (χ1n) is 7.42. The molecule has 0 radical (unpaired) electrons. The number of benzene rings is 2. The minimum Gasteiger partial charge on any atom is -0.479 e. The fraction of sp³-hybridized carbons (Fsp3) is 0.167. The van der Waals surface area contributed by atoms with Gasteiger partial charge in [0.25, 0.3) is 0 Å². The molecule has 2 aromatic rings. The third kappa shape index (κ3) is 6.99. The molecule has 0 unspecified atom stereocenters. The number of hydrogen-bond acceptors (Lipinski definition) is 5. The number of thioether (sulfide) groups is 1. The molecule has 0 aromatic heterocycles. The topological polar surface area (TPSA) is 74.5 Å². The Morgan fingerprint density at radius 2 is 2.04 bits per heavy atom.